The molecule has 1 nitrogen and oxygen atoms in total. The van der Waals surface area contributed by atoms with Gasteiger partial charge in [-0.15, -0.1) is 0 Å². The van der Waals surface area contributed by atoms with Gasteiger partial charge in [-0.05, 0) is 48.0 Å². The Bertz CT molecular complexity index is 586. The number of carbonyl (C=O) groups excluding carboxylic acids is 1. The molecule has 0 radical (unpaired) electrons. The summed E-state index contributed by atoms with van der Waals surface area (Å²) in [6.45, 7) is 0. The second-order valence-corrected chi connectivity index (χ2v) is 4.63. The van der Waals surface area contributed by atoms with Crippen LogP contribution >= 0.6 is 23.2 Å². The molecule has 0 N–H and O–H groups in total. The molecule has 2 rings (SSSR count). The topological polar surface area (TPSA) is 17.1 Å². The highest BCUT2D eigenvalue weighted by Gasteiger charge is 2.00. The summed E-state index contributed by atoms with van der Waals surface area (Å²) in [7, 11) is 0. The van der Waals surface area contributed by atoms with Crippen LogP contribution in [0.15, 0.2) is 54.6 Å². The number of carbonyl (C=O) groups is 1. The molecule has 0 bridgehead atoms. The first-order valence-corrected chi connectivity index (χ1v) is 6.14. The van der Waals surface area contributed by atoms with Crippen LogP contribution in [-0.2, 0) is 0 Å². The molecule has 0 aromatic heterocycles. The van der Waals surface area contributed by atoms with Gasteiger partial charge in [0.05, 0.1) is 0 Å². The van der Waals surface area contributed by atoms with Gasteiger partial charge < -0.3 is 0 Å². The van der Waals surface area contributed by atoms with Crippen molar-refractivity contribution in [2.45, 2.75) is 0 Å². The van der Waals surface area contributed by atoms with Gasteiger partial charge in [-0.1, -0.05) is 41.4 Å². The normalized spacial score (nSPS) is 10.8. The molecule has 2 aromatic rings. The number of benzene rings is 2. The molecule has 0 atom stereocenters. The number of hydrogen-bond donors (Lipinski definition) is 0. The van der Waals surface area contributed by atoms with E-state index < -0.39 is 0 Å². The smallest absolute Gasteiger partial charge is 0.185 e. The van der Waals surface area contributed by atoms with E-state index in [0.29, 0.717) is 15.6 Å². The zero-order valence-electron chi connectivity index (χ0n) is 9.44. The van der Waals surface area contributed by atoms with Gasteiger partial charge in [-0.25, -0.2) is 0 Å². The first kappa shape index (κ1) is 12.9. The van der Waals surface area contributed by atoms with Crippen LogP contribution in [0.5, 0.6) is 0 Å². The lowest BCUT2D eigenvalue weighted by molar-refractivity contribution is 0.104. The third kappa shape index (κ3) is 3.46. The molecule has 0 aliphatic carbocycles. The monoisotopic (exact) mass is 276 g/mol. The van der Waals surface area contributed by atoms with Crippen LogP contribution in [0, 0.1) is 0 Å². The van der Waals surface area contributed by atoms with Gasteiger partial charge in [0.2, 0.25) is 0 Å². The van der Waals surface area contributed by atoms with Crippen LogP contribution in [0.1, 0.15) is 15.9 Å². The number of halogens is 2. The summed E-state index contributed by atoms with van der Waals surface area (Å²) in [5, 5.41) is 1.27. The van der Waals surface area contributed by atoms with Crippen molar-refractivity contribution in [2.75, 3.05) is 0 Å². The fraction of sp³-hybridized carbons (Fsp3) is 0. The van der Waals surface area contributed by atoms with Gasteiger partial charge in [-0.3, -0.25) is 4.79 Å². The van der Waals surface area contributed by atoms with Crippen molar-refractivity contribution in [1.82, 2.24) is 0 Å². The standard InChI is InChI=1S/C15H10Cl2O/c16-13-7-5-12(6-8-13)15(18)9-4-11-2-1-3-14(17)10-11/h1-10H. The third-order valence-electron chi connectivity index (χ3n) is 2.40. The molecule has 2 aromatic carbocycles. The second-order valence-electron chi connectivity index (χ2n) is 3.76. The summed E-state index contributed by atoms with van der Waals surface area (Å²) < 4.78 is 0. The first-order valence-electron chi connectivity index (χ1n) is 5.39. The summed E-state index contributed by atoms with van der Waals surface area (Å²) in [5.74, 6) is -0.0633. The molecule has 0 spiro atoms. The lowest BCUT2D eigenvalue weighted by Gasteiger charge is -1.96. The molecule has 90 valence electrons. The molecule has 0 saturated heterocycles. The summed E-state index contributed by atoms with van der Waals surface area (Å²) in [5.41, 5.74) is 1.50. The molecular formula is C15H10Cl2O. The van der Waals surface area contributed by atoms with E-state index in [4.69, 9.17) is 23.2 Å². The van der Waals surface area contributed by atoms with E-state index in [2.05, 4.69) is 0 Å². The fourth-order valence-corrected chi connectivity index (χ4v) is 1.82. The number of rotatable bonds is 3. The minimum absolute atomic E-state index is 0.0633. The Balaban J connectivity index is 2.14. The minimum atomic E-state index is -0.0633. The molecule has 0 amide bonds. The average molecular weight is 277 g/mol. The van der Waals surface area contributed by atoms with Gasteiger partial charge in [0, 0.05) is 15.6 Å². The van der Waals surface area contributed by atoms with Crippen molar-refractivity contribution < 1.29 is 4.79 Å². The van der Waals surface area contributed by atoms with Crippen molar-refractivity contribution in [3.05, 3.63) is 75.8 Å². The van der Waals surface area contributed by atoms with E-state index in [9.17, 15) is 4.79 Å². The predicted octanol–water partition coefficient (Wildman–Crippen LogP) is 4.89. The SMILES string of the molecule is O=C(C=Cc1cccc(Cl)c1)c1ccc(Cl)cc1. The van der Waals surface area contributed by atoms with E-state index in [0.717, 1.165) is 5.56 Å². The average Bonchev–Trinajstić information content (AvgIpc) is 2.37. The minimum Gasteiger partial charge on any atom is -0.289 e. The number of hydrogen-bond acceptors (Lipinski definition) is 1. The van der Waals surface area contributed by atoms with Gasteiger partial charge in [0.1, 0.15) is 0 Å². The van der Waals surface area contributed by atoms with Crippen molar-refractivity contribution in [1.29, 1.82) is 0 Å². The zero-order chi connectivity index (χ0) is 13.0. The van der Waals surface area contributed by atoms with E-state index in [1.807, 2.05) is 12.1 Å². The molecule has 0 aliphatic heterocycles. The third-order valence-corrected chi connectivity index (χ3v) is 2.89. The van der Waals surface area contributed by atoms with Crippen LogP contribution in [0.2, 0.25) is 10.0 Å². The maximum absolute atomic E-state index is 11.9. The molecular weight excluding hydrogens is 267 g/mol. The van der Waals surface area contributed by atoms with Crippen molar-refractivity contribution in [3.8, 4) is 0 Å². The second kappa shape index (κ2) is 5.85. The summed E-state index contributed by atoms with van der Waals surface area (Å²) in [6, 6.07) is 14.1. The van der Waals surface area contributed by atoms with Crippen LogP contribution in [0.25, 0.3) is 6.08 Å². The van der Waals surface area contributed by atoms with E-state index in [-0.39, 0.29) is 5.78 Å². The molecule has 18 heavy (non-hydrogen) atoms. The highest BCUT2D eigenvalue weighted by molar-refractivity contribution is 6.31. The maximum Gasteiger partial charge on any atom is 0.185 e. The number of allylic oxidation sites excluding steroid dienone is 1. The summed E-state index contributed by atoms with van der Waals surface area (Å²) in [6.07, 6.45) is 3.26. The molecule has 0 unspecified atom stereocenters. The summed E-state index contributed by atoms with van der Waals surface area (Å²) in [4.78, 5) is 11.9. The Kier molecular flexibility index (Phi) is 4.19. The van der Waals surface area contributed by atoms with Crippen LogP contribution in [0.4, 0.5) is 0 Å². The Labute approximate surface area is 116 Å². The van der Waals surface area contributed by atoms with Gasteiger partial charge in [0.15, 0.2) is 5.78 Å². The van der Waals surface area contributed by atoms with Crippen molar-refractivity contribution in [3.63, 3.8) is 0 Å². The summed E-state index contributed by atoms with van der Waals surface area (Å²) >= 11 is 11.6. The fourth-order valence-electron chi connectivity index (χ4n) is 1.49. The van der Waals surface area contributed by atoms with Gasteiger partial charge >= 0.3 is 0 Å². The lowest BCUT2D eigenvalue weighted by Crippen LogP contribution is -1.92. The highest BCUT2D eigenvalue weighted by atomic mass is 35.5. The zero-order valence-corrected chi connectivity index (χ0v) is 10.9. The van der Waals surface area contributed by atoms with Crippen LogP contribution in [0.3, 0.4) is 0 Å². The molecule has 3 heteroatoms. The molecule has 0 heterocycles. The molecule has 0 aliphatic rings. The largest absolute Gasteiger partial charge is 0.289 e. The van der Waals surface area contributed by atoms with E-state index in [1.165, 1.54) is 6.08 Å². The Morgan fingerprint density at radius 1 is 0.944 bits per heavy atom. The first-order chi connectivity index (χ1) is 8.65. The molecule has 0 fully saturated rings. The Morgan fingerprint density at radius 2 is 1.67 bits per heavy atom. The molecule has 0 saturated carbocycles. The Morgan fingerprint density at radius 3 is 2.33 bits per heavy atom. The van der Waals surface area contributed by atoms with Gasteiger partial charge in [-0.2, -0.15) is 0 Å². The quantitative estimate of drug-likeness (QED) is 0.576. The van der Waals surface area contributed by atoms with E-state index >= 15 is 0 Å². The lowest BCUT2D eigenvalue weighted by atomic mass is 10.1. The van der Waals surface area contributed by atoms with Crippen LogP contribution in [-0.4, -0.2) is 5.78 Å². The van der Waals surface area contributed by atoms with Crippen molar-refractivity contribution >= 4 is 35.1 Å². The predicted molar refractivity (Wildman–Crippen MR) is 76.3 cm³/mol. The number of ketones is 1. The van der Waals surface area contributed by atoms with Crippen LogP contribution < -0.4 is 0 Å². The van der Waals surface area contributed by atoms with Crippen molar-refractivity contribution in [2.24, 2.45) is 0 Å². The van der Waals surface area contributed by atoms with Gasteiger partial charge in [0.25, 0.3) is 0 Å². The maximum atomic E-state index is 11.9. The Hall–Kier alpha value is -1.57. The van der Waals surface area contributed by atoms with E-state index in [1.54, 1.807) is 42.5 Å². The highest BCUT2D eigenvalue weighted by Crippen LogP contribution is 2.13.